The normalized spacial score (nSPS) is 12.9. The highest BCUT2D eigenvalue weighted by Crippen LogP contribution is 2.16. The molecule has 0 amide bonds. The molecule has 0 bridgehead atoms. The molecule has 0 rings (SSSR count). The molecular formula is C68H114O6. The van der Waals surface area contributed by atoms with Crippen molar-refractivity contribution in [2.45, 2.75) is 290 Å². The summed E-state index contributed by atoms with van der Waals surface area (Å²) in [6, 6.07) is 0. The molecule has 0 aromatic carbocycles. The monoisotopic (exact) mass is 1030 g/mol. The second kappa shape index (κ2) is 61.6. The smallest absolute Gasteiger partial charge is 0.306 e. The summed E-state index contributed by atoms with van der Waals surface area (Å²) < 4.78 is 16.8. The van der Waals surface area contributed by atoms with Crippen LogP contribution < -0.4 is 0 Å². The van der Waals surface area contributed by atoms with Gasteiger partial charge in [0.15, 0.2) is 6.10 Å². The third kappa shape index (κ3) is 59.0. The fraction of sp³-hybridized carbons (Fsp3) is 0.691. The van der Waals surface area contributed by atoms with E-state index in [2.05, 4.69) is 130 Å². The topological polar surface area (TPSA) is 78.9 Å². The van der Waals surface area contributed by atoms with Gasteiger partial charge in [-0.2, -0.15) is 0 Å². The number of allylic oxidation sites excluding steroid dienone is 18. The number of rotatable bonds is 55. The van der Waals surface area contributed by atoms with E-state index in [9.17, 15) is 14.4 Å². The number of carbonyl (C=O) groups is 3. The molecule has 0 saturated heterocycles. The molecule has 74 heavy (non-hydrogen) atoms. The Labute approximate surface area is 457 Å². The Balaban J connectivity index is 4.45. The molecule has 1 atom stereocenters. The van der Waals surface area contributed by atoms with Crippen LogP contribution in [0.3, 0.4) is 0 Å². The number of esters is 3. The van der Waals surface area contributed by atoms with Crippen molar-refractivity contribution in [3.8, 4) is 0 Å². The third-order valence-electron chi connectivity index (χ3n) is 13.0. The van der Waals surface area contributed by atoms with Crippen LogP contribution in [-0.2, 0) is 28.6 Å². The molecule has 6 heteroatoms. The minimum Gasteiger partial charge on any atom is -0.462 e. The lowest BCUT2D eigenvalue weighted by molar-refractivity contribution is -0.167. The fourth-order valence-electron chi connectivity index (χ4n) is 8.47. The molecule has 0 aliphatic carbocycles. The predicted molar refractivity (Wildman–Crippen MR) is 320 cm³/mol. The first-order chi connectivity index (χ1) is 36.5. The lowest BCUT2D eigenvalue weighted by Crippen LogP contribution is -2.30. The number of unbranched alkanes of at least 4 members (excludes halogenated alkanes) is 26. The molecule has 6 nitrogen and oxygen atoms in total. The van der Waals surface area contributed by atoms with Gasteiger partial charge in [-0.15, -0.1) is 0 Å². The van der Waals surface area contributed by atoms with Crippen LogP contribution in [0.25, 0.3) is 0 Å². The van der Waals surface area contributed by atoms with Gasteiger partial charge in [-0.1, -0.05) is 278 Å². The van der Waals surface area contributed by atoms with Crippen LogP contribution in [0.4, 0.5) is 0 Å². The van der Waals surface area contributed by atoms with Crippen molar-refractivity contribution in [3.05, 3.63) is 109 Å². The summed E-state index contributed by atoms with van der Waals surface area (Å²) in [5, 5.41) is 0. The van der Waals surface area contributed by atoms with Gasteiger partial charge in [0, 0.05) is 19.3 Å². The first-order valence-corrected chi connectivity index (χ1v) is 30.9. The van der Waals surface area contributed by atoms with E-state index in [0.717, 1.165) is 116 Å². The van der Waals surface area contributed by atoms with E-state index >= 15 is 0 Å². The molecule has 0 saturated carbocycles. The van der Waals surface area contributed by atoms with Gasteiger partial charge in [0.1, 0.15) is 13.2 Å². The molecule has 422 valence electrons. The Kier molecular flexibility index (Phi) is 58.3. The van der Waals surface area contributed by atoms with E-state index in [-0.39, 0.29) is 37.5 Å². The van der Waals surface area contributed by atoms with E-state index in [4.69, 9.17) is 14.2 Å². The summed E-state index contributed by atoms with van der Waals surface area (Å²) in [4.78, 5) is 38.3. The molecule has 0 aromatic heterocycles. The standard InChI is InChI=1S/C68H114O6/c1-4-7-10-13-16-19-22-25-28-31-32-33-34-35-38-40-43-46-49-52-55-58-61-67(70)73-64-65(74-68(71)62-59-56-53-50-47-44-41-37-30-27-24-21-18-15-12-9-6-3)63-72-66(69)60-57-54-51-48-45-42-39-36-29-26-23-20-17-14-11-8-5-2/h8-9,11-12,17-18,20-21,26-27,29-30,39,41-42,44,50,53,65H,4-7,10,13-16,19,22-25,28,31-38,40,43,45-49,51-52,54-64H2,1-3H3/b11-8-,12-9-,20-17-,21-18-,29-26-,30-27-,42-39-,44-41-,53-50-. The molecule has 1 unspecified atom stereocenters. The summed E-state index contributed by atoms with van der Waals surface area (Å²) >= 11 is 0. The van der Waals surface area contributed by atoms with Crippen LogP contribution in [0.2, 0.25) is 0 Å². The number of carbonyl (C=O) groups excluding carboxylic acids is 3. The lowest BCUT2D eigenvalue weighted by atomic mass is 10.0. The highest BCUT2D eigenvalue weighted by Gasteiger charge is 2.19. The van der Waals surface area contributed by atoms with Crippen molar-refractivity contribution in [3.63, 3.8) is 0 Å². The van der Waals surface area contributed by atoms with Gasteiger partial charge in [-0.05, 0) is 96.3 Å². The quantitative estimate of drug-likeness (QED) is 0.0261. The second-order valence-electron chi connectivity index (χ2n) is 20.2. The predicted octanol–water partition coefficient (Wildman–Crippen LogP) is 21.0. The largest absolute Gasteiger partial charge is 0.462 e. The molecule has 0 N–H and O–H groups in total. The van der Waals surface area contributed by atoms with Gasteiger partial charge in [-0.25, -0.2) is 0 Å². The van der Waals surface area contributed by atoms with Crippen molar-refractivity contribution in [1.29, 1.82) is 0 Å². The maximum atomic E-state index is 12.9. The van der Waals surface area contributed by atoms with E-state index in [1.54, 1.807) is 0 Å². The van der Waals surface area contributed by atoms with Crippen molar-refractivity contribution >= 4 is 17.9 Å². The highest BCUT2D eigenvalue weighted by molar-refractivity contribution is 5.71. The summed E-state index contributed by atoms with van der Waals surface area (Å²) in [6.45, 7) is 6.37. The zero-order chi connectivity index (χ0) is 53.6. The fourth-order valence-corrected chi connectivity index (χ4v) is 8.47. The Bertz CT molecular complexity index is 1510. The van der Waals surface area contributed by atoms with Crippen LogP contribution in [0.15, 0.2) is 109 Å². The van der Waals surface area contributed by atoms with Crippen LogP contribution in [-0.4, -0.2) is 37.2 Å². The summed E-state index contributed by atoms with van der Waals surface area (Å²) in [5.41, 5.74) is 0. The van der Waals surface area contributed by atoms with Gasteiger partial charge in [0.05, 0.1) is 0 Å². The van der Waals surface area contributed by atoms with Crippen LogP contribution in [0.1, 0.15) is 284 Å². The van der Waals surface area contributed by atoms with Gasteiger partial charge >= 0.3 is 17.9 Å². The Morgan fingerprint density at radius 2 is 0.541 bits per heavy atom. The van der Waals surface area contributed by atoms with Gasteiger partial charge < -0.3 is 14.2 Å². The van der Waals surface area contributed by atoms with Crippen molar-refractivity contribution in [1.82, 2.24) is 0 Å². The van der Waals surface area contributed by atoms with E-state index in [0.29, 0.717) is 19.3 Å². The van der Waals surface area contributed by atoms with E-state index in [1.165, 1.54) is 122 Å². The van der Waals surface area contributed by atoms with Crippen molar-refractivity contribution in [2.24, 2.45) is 0 Å². The average molecular weight is 1030 g/mol. The first-order valence-electron chi connectivity index (χ1n) is 30.9. The zero-order valence-corrected chi connectivity index (χ0v) is 48.3. The Morgan fingerprint density at radius 3 is 0.865 bits per heavy atom. The van der Waals surface area contributed by atoms with Crippen molar-refractivity contribution < 1.29 is 28.6 Å². The van der Waals surface area contributed by atoms with Crippen LogP contribution >= 0.6 is 0 Å². The SMILES string of the molecule is CC/C=C\C/C=C\C/C=C\C/C=C\C/C=C\CCCC(=O)OC(COC(=O)CCCCCC/C=C\C/C=C\C/C=C\C/C=C\CC)COC(=O)CCCCCCCCCCCCCCCCCCCCCCCC. The summed E-state index contributed by atoms with van der Waals surface area (Å²) in [7, 11) is 0. The highest BCUT2D eigenvalue weighted by atomic mass is 16.6. The summed E-state index contributed by atoms with van der Waals surface area (Å²) in [6.07, 6.45) is 83.9. The maximum absolute atomic E-state index is 12.9. The molecule has 0 spiro atoms. The maximum Gasteiger partial charge on any atom is 0.306 e. The third-order valence-corrected chi connectivity index (χ3v) is 13.0. The van der Waals surface area contributed by atoms with Gasteiger partial charge in [0.2, 0.25) is 0 Å². The van der Waals surface area contributed by atoms with Crippen LogP contribution in [0, 0.1) is 0 Å². The van der Waals surface area contributed by atoms with Gasteiger partial charge in [-0.3, -0.25) is 14.4 Å². The average Bonchev–Trinajstić information content (AvgIpc) is 3.40. The molecule has 0 radical (unpaired) electrons. The lowest BCUT2D eigenvalue weighted by Gasteiger charge is -2.18. The Hall–Kier alpha value is -3.93. The molecule has 0 aromatic rings. The van der Waals surface area contributed by atoms with Crippen molar-refractivity contribution in [2.75, 3.05) is 13.2 Å². The minimum atomic E-state index is -0.820. The number of hydrogen-bond donors (Lipinski definition) is 0. The molecular weight excluding hydrogens is 913 g/mol. The Morgan fingerprint density at radius 1 is 0.284 bits per heavy atom. The van der Waals surface area contributed by atoms with Gasteiger partial charge in [0.25, 0.3) is 0 Å². The number of ether oxygens (including phenoxy) is 3. The first kappa shape index (κ1) is 70.1. The van der Waals surface area contributed by atoms with E-state index < -0.39 is 6.10 Å². The van der Waals surface area contributed by atoms with Crippen LogP contribution in [0.5, 0.6) is 0 Å². The zero-order valence-electron chi connectivity index (χ0n) is 48.3. The second-order valence-corrected chi connectivity index (χ2v) is 20.2. The molecule has 0 fully saturated rings. The molecule has 0 aliphatic heterocycles. The number of hydrogen-bond acceptors (Lipinski definition) is 6. The molecule has 0 aliphatic rings. The van der Waals surface area contributed by atoms with E-state index in [1.807, 2.05) is 0 Å². The summed E-state index contributed by atoms with van der Waals surface area (Å²) in [5.74, 6) is -0.985. The molecule has 0 heterocycles. The minimum absolute atomic E-state index is 0.108.